The van der Waals surface area contributed by atoms with Gasteiger partial charge in [-0.1, -0.05) is 195 Å². The summed E-state index contributed by atoms with van der Waals surface area (Å²) in [7, 11) is 0. The first-order valence-electron chi connectivity index (χ1n) is 23.9. The van der Waals surface area contributed by atoms with Crippen molar-refractivity contribution in [2.45, 2.75) is 86.5 Å². The number of hydrogen-bond acceptors (Lipinski definition) is 8. The van der Waals surface area contributed by atoms with Crippen LogP contribution in [0.1, 0.15) is 121 Å². The van der Waals surface area contributed by atoms with Gasteiger partial charge in [0, 0.05) is 23.1 Å². The van der Waals surface area contributed by atoms with Gasteiger partial charge in [-0.3, -0.25) is 14.4 Å². The molecule has 0 aliphatic heterocycles. The quantitative estimate of drug-likeness (QED) is 0.0411. The van der Waals surface area contributed by atoms with Crippen LogP contribution in [0.3, 0.4) is 0 Å². The van der Waals surface area contributed by atoms with Crippen molar-refractivity contribution in [3.63, 3.8) is 0 Å². The molecule has 0 aliphatic carbocycles. The highest BCUT2D eigenvalue weighted by atomic mass is 79.9. The van der Waals surface area contributed by atoms with Gasteiger partial charge in [-0.05, 0) is 104 Å². The Morgan fingerprint density at radius 2 is 0.781 bits per heavy atom. The van der Waals surface area contributed by atoms with Gasteiger partial charge in [-0.2, -0.15) is 0 Å². The number of halogens is 1. The predicted molar refractivity (Wildman–Crippen MR) is 304 cm³/mol. The maximum absolute atomic E-state index is 12.0. The molecular weight excluding hydrogens is 981 g/mol. The summed E-state index contributed by atoms with van der Waals surface area (Å²) in [5.41, 5.74) is 6.22. The average molecular weight is 1060 g/mol. The molecule has 3 atom stereocenters. The third kappa shape index (κ3) is 25.2. The van der Waals surface area contributed by atoms with Gasteiger partial charge < -0.3 is 30.6 Å². The molecular formula is C63H78BrO9-. The summed E-state index contributed by atoms with van der Waals surface area (Å²) in [5, 5.41) is 19.5. The summed E-state index contributed by atoms with van der Waals surface area (Å²) in [5.74, 6) is 0.394. The number of carboxylic acid groups (broad SMARTS) is 1. The molecule has 6 aromatic carbocycles. The van der Waals surface area contributed by atoms with Crippen LogP contribution < -0.4 is 9.47 Å². The lowest BCUT2D eigenvalue weighted by Gasteiger charge is -2.17. The number of esters is 2. The summed E-state index contributed by atoms with van der Waals surface area (Å²) in [6.07, 6.45) is 12.5. The Bertz CT molecular complexity index is 2460. The van der Waals surface area contributed by atoms with E-state index in [0.29, 0.717) is 39.3 Å². The first-order chi connectivity index (χ1) is 34.6. The van der Waals surface area contributed by atoms with E-state index < -0.39 is 5.97 Å². The average Bonchev–Trinajstić information content (AvgIpc) is 3.39. The molecule has 2 N–H and O–H groups in total. The van der Waals surface area contributed by atoms with Crippen LogP contribution in [0.4, 0.5) is 0 Å². The van der Waals surface area contributed by atoms with Gasteiger partial charge in [0.15, 0.2) is 0 Å². The molecule has 0 aliphatic rings. The number of aromatic hydroxyl groups is 1. The van der Waals surface area contributed by atoms with Gasteiger partial charge in [-0.15, -0.1) is 0 Å². The minimum Gasteiger partial charge on any atom is -1.00 e. The number of rotatable bonds is 21. The molecule has 0 saturated heterocycles. The number of ether oxygens (including phenoxy) is 4. The van der Waals surface area contributed by atoms with Crippen molar-refractivity contribution in [1.29, 1.82) is 0 Å². The molecule has 0 amide bonds. The molecule has 0 aromatic heterocycles. The second-order valence-corrected chi connectivity index (χ2v) is 16.4. The fraction of sp³-hybridized carbons (Fsp3) is 0.286. The lowest BCUT2D eigenvalue weighted by atomic mass is 9.88. The lowest BCUT2D eigenvalue weighted by Crippen LogP contribution is -2.11. The Labute approximate surface area is 445 Å². The van der Waals surface area contributed by atoms with Crippen LogP contribution >= 0.6 is 15.9 Å². The van der Waals surface area contributed by atoms with Crippen LogP contribution in [0.25, 0.3) is 0 Å². The van der Waals surface area contributed by atoms with Crippen molar-refractivity contribution >= 4 is 33.8 Å². The van der Waals surface area contributed by atoms with E-state index in [1.54, 1.807) is 19.1 Å². The maximum atomic E-state index is 12.0. The molecule has 10 heteroatoms. The van der Waals surface area contributed by atoms with Crippen molar-refractivity contribution < 1.29 is 45.0 Å². The van der Waals surface area contributed by atoms with E-state index in [9.17, 15) is 24.6 Å². The zero-order valence-electron chi connectivity index (χ0n) is 42.6. The number of hydrogen-bond donors (Lipinski definition) is 2. The van der Waals surface area contributed by atoms with Gasteiger partial charge in [0.05, 0.1) is 32.5 Å². The molecule has 3 unspecified atom stereocenters. The van der Waals surface area contributed by atoms with Crippen LogP contribution in [0.15, 0.2) is 200 Å². The number of carbonyl (C=O) groups excluding carboxylic acids is 2. The van der Waals surface area contributed by atoms with Gasteiger partial charge in [0.1, 0.15) is 30.5 Å². The SMILES string of the molecule is C.C.CC=CCBr.CC=CCOc1ccc(C(CC(=O)O)c2ccccc2)cc1.CC=CCOc1ccc(C(CC(=O)OCC)c2ccccc2)cc1.CCOC(=O)CC(c1ccccc1)c1ccc(O)cc1.[2H-]. The number of phenolic OH excluding ortho intramolecular Hbond substituents is 1. The highest BCUT2D eigenvalue weighted by Gasteiger charge is 2.21. The third-order valence-electron chi connectivity index (χ3n) is 10.7. The Balaban J connectivity index is 0.00000101. The third-order valence-corrected chi connectivity index (χ3v) is 11.1. The molecule has 392 valence electrons. The number of aliphatic carboxylic acids is 1. The van der Waals surface area contributed by atoms with E-state index in [4.69, 9.17) is 18.9 Å². The minimum absolute atomic E-state index is 0. The molecule has 6 aromatic rings. The maximum Gasteiger partial charge on any atom is 0.306 e. The molecule has 6 rings (SSSR count). The molecule has 0 saturated carbocycles. The molecule has 0 radical (unpaired) electrons. The summed E-state index contributed by atoms with van der Waals surface area (Å²) >= 11 is 3.22. The fourth-order valence-corrected chi connectivity index (χ4v) is 7.53. The van der Waals surface area contributed by atoms with Crippen molar-refractivity contribution in [2.75, 3.05) is 31.8 Å². The minimum atomic E-state index is -0.803. The normalized spacial score (nSPS) is 11.6. The molecule has 0 bridgehead atoms. The van der Waals surface area contributed by atoms with Crippen LogP contribution in [0.2, 0.25) is 0 Å². The highest BCUT2D eigenvalue weighted by molar-refractivity contribution is 9.09. The largest absolute Gasteiger partial charge is 1.00 e. The van der Waals surface area contributed by atoms with Crippen molar-refractivity contribution in [3.05, 3.63) is 234 Å². The van der Waals surface area contributed by atoms with E-state index in [-0.39, 0.29) is 58.1 Å². The summed E-state index contributed by atoms with van der Waals surface area (Å²) in [4.78, 5) is 34.9. The smallest absolute Gasteiger partial charge is 0.306 e. The Morgan fingerprint density at radius 3 is 1.05 bits per heavy atom. The first kappa shape index (κ1) is 63.8. The Hall–Kier alpha value is -7.17. The van der Waals surface area contributed by atoms with Crippen LogP contribution in [0, 0.1) is 0 Å². The van der Waals surface area contributed by atoms with Gasteiger partial charge >= 0.3 is 17.9 Å². The van der Waals surface area contributed by atoms with Crippen molar-refractivity contribution in [1.82, 2.24) is 0 Å². The zero-order chi connectivity index (χ0) is 51.5. The van der Waals surface area contributed by atoms with Gasteiger partial charge in [-0.25, -0.2) is 0 Å². The number of phenols is 1. The molecule has 9 nitrogen and oxygen atoms in total. The zero-order valence-corrected chi connectivity index (χ0v) is 43.2. The molecule has 0 fully saturated rings. The highest BCUT2D eigenvalue weighted by Crippen LogP contribution is 2.32. The second-order valence-electron chi connectivity index (χ2n) is 15.7. The molecule has 0 heterocycles. The second kappa shape index (κ2) is 38.5. The Kier molecular flexibility index (Phi) is 33.7. The summed E-state index contributed by atoms with van der Waals surface area (Å²) < 4.78 is 21.4. The number of benzene rings is 6. The predicted octanol–water partition coefficient (Wildman–Crippen LogP) is 15.8. The number of carboxylic acids is 1. The van der Waals surface area contributed by atoms with Crippen LogP contribution in [0.5, 0.6) is 17.2 Å². The van der Waals surface area contributed by atoms with Crippen LogP contribution in [-0.4, -0.2) is 59.9 Å². The van der Waals surface area contributed by atoms with Crippen molar-refractivity contribution in [2.24, 2.45) is 0 Å². The molecule has 73 heavy (non-hydrogen) atoms. The van der Waals surface area contributed by atoms with Gasteiger partial charge in [0.2, 0.25) is 0 Å². The number of allylic oxidation sites excluding steroid dienone is 4. The fourth-order valence-electron chi connectivity index (χ4n) is 7.16. The van der Waals surface area contributed by atoms with E-state index >= 15 is 0 Å². The molecule has 0 spiro atoms. The number of carbonyl (C=O) groups is 3. The first-order valence-corrected chi connectivity index (χ1v) is 25.0. The van der Waals surface area contributed by atoms with E-state index in [2.05, 4.69) is 15.9 Å². The van der Waals surface area contributed by atoms with E-state index in [1.807, 2.05) is 216 Å². The monoisotopic (exact) mass is 1060 g/mol. The van der Waals surface area contributed by atoms with Crippen molar-refractivity contribution in [3.8, 4) is 17.2 Å². The van der Waals surface area contributed by atoms with E-state index in [1.165, 1.54) is 0 Å². The topological polar surface area (TPSA) is 129 Å². The lowest BCUT2D eigenvalue weighted by molar-refractivity contribution is -0.144. The summed E-state index contributed by atoms with van der Waals surface area (Å²) in [6.45, 7) is 11.4. The standard InChI is InChI=1S/C21H24O3.C19H20O3.C17H18O3.C4H7Br.2CH4.H/c1-3-5-15-24-19-13-11-18(12-14-19)20(16-21(22)23-4-2)17-9-7-6-8-10-17;1-2-3-13-22-17-11-9-16(10-12-17)18(14-19(20)21)15-7-5-4-6-8-15;1-2-20-17(19)12-16(13-6-4-3-5-7-13)14-8-10-15(18)11-9-14;1-2-3-4-5;;;/h3,5-14,20H,4,15-16H2,1-2H3;2-12,18H,13-14H2,1H3,(H,20,21);3-11,16,18H,2,12H2,1H3;2-3H,4H2,1H3;2*1H4;/q;;;;;;-1/i;;;;;;1+1. The van der Waals surface area contributed by atoms with Crippen LogP contribution in [-0.2, 0) is 23.9 Å². The summed E-state index contributed by atoms with van der Waals surface area (Å²) in [6, 6.07) is 52.1. The van der Waals surface area contributed by atoms with Gasteiger partial charge in [0.25, 0.3) is 0 Å². The number of alkyl halides is 1. The Morgan fingerprint density at radius 1 is 0.479 bits per heavy atom. The van der Waals surface area contributed by atoms with E-state index in [0.717, 1.165) is 50.2 Å².